The number of esters is 1. The average molecular weight is 336 g/mol. The summed E-state index contributed by atoms with van der Waals surface area (Å²) in [6.45, 7) is 0.173. The van der Waals surface area contributed by atoms with Crippen molar-refractivity contribution in [1.82, 2.24) is 0 Å². The van der Waals surface area contributed by atoms with Gasteiger partial charge < -0.3 is 28.8 Å². The number of carbonyl (C=O) groups is 2. The van der Waals surface area contributed by atoms with Crippen molar-refractivity contribution in [3.63, 3.8) is 0 Å². The lowest BCUT2D eigenvalue weighted by Crippen LogP contribution is -2.46. The number of hydrogen-bond acceptors (Lipinski definition) is 7. The van der Waals surface area contributed by atoms with Crippen molar-refractivity contribution in [3.05, 3.63) is 12.2 Å². The van der Waals surface area contributed by atoms with Crippen LogP contribution in [0.5, 0.6) is 0 Å². The highest BCUT2D eigenvalue weighted by Crippen LogP contribution is 2.14. The minimum absolute atomic E-state index is 0.173. The molecule has 0 aromatic rings. The van der Waals surface area contributed by atoms with Gasteiger partial charge in [0.25, 0.3) is 0 Å². The Kier molecular flexibility index (Phi) is 11.6. The molecule has 0 aliphatic carbocycles. The topological polar surface area (TPSA) is 101 Å². The van der Waals surface area contributed by atoms with Gasteiger partial charge in [-0.3, -0.25) is 0 Å². The van der Waals surface area contributed by atoms with Crippen molar-refractivity contribution in [3.8, 4) is 0 Å². The molecule has 0 aromatic carbocycles. The van der Waals surface area contributed by atoms with Crippen LogP contribution in [0.4, 0.5) is 0 Å². The van der Waals surface area contributed by atoms with Crippen LogP contribution in [0.2, 0.25) is 6.04 Å². The molecule has 9 heteroatoms. The Bertz CT molecular complexity index is 340. The second-order valence-corrected chi connectivity index (χ2v) is 7.32. The summed E-state index contributed by atoms with van der Waals surface area (Å²) in [7, 11) is 4.44. The number of carboxylic acids is 1. The zero-order chi connectivity index (χ0) is 17.0. The van der Waals surface area contributed by atoms with Crippen LogP contribution >= 0.6 is 0 Å². The van der Waals surface area contributed by atoms with Crippen molar-refractivity contribution >= 4 is 20.7 Å². The zero-order valence-electron chi connectivity index (χ0n) is 13.3. The van der Waals surface area contributed by atoms with Crippen molar-refractivity contribution < 1.29 is 38.4 Å². The highest BCUT2D eigenvalue weighted by atomic mass is 28.3. The number of carbonyl (C=O) groups excluding carboxylic acids is 1. The highest BCUT2D eigenvalue weighted by molar-refractivity contribution is 6.60. The minimum Gasteiger partial charge on any atom is -0.478 e. The molecule has 22 heavy (non-hydrogen) atoms. The molecule has 0 rings (SSSR count). The van der Waals surface area contributed by atoms with Gasteiger partial charge in [0, 0.05) is 40.6 Å². The number of carboxylic acid groups (broad SMARTS) is 1. The lowest BCUT2D eigenvalue weighted by molar-refractivity contribution is -0.138. The van der Waals surface area contributed by atoms with E-state index >= 15 is 0 Å². The third-order valence-corrected chi connectivity index (χ3v) is 6.48. The van der Waals surface area contributed by atoms with Gasteiger partial charge in [0.15, 0.2) is 8.80 Å². The maximum absolute atomic E-state index is 11.2. The second kappa shape index (κ2) is 12.3. The Hall–Kier alpha value is -1.26. The van der Waals surface area contributed by atoms with E-state index in [0.717, 1.165) is 12.2 Å². The molecule has 8 nitrogen and oxygen atoms in total. The van der Waals surface area contributed by atoms with Gasteiger partial charge in [-0.25, -0.2) is 9.59 Å². The van der Waals surface area contributed by atoms with Crippen LogP contribution in [0.1, 0.15) is 6.42 Å². The number of methoxy groups -OCH3 is 4. The van der Waals surface area contributed by atoms with Crippen molar-refractivity contribution in [2.75, 3.05) is 35.0 Å². The van der Waals surface area contributed by atoms with E-state index in [1.807, 2.05) is 0 Å². The van der Waals surface area contributed by atoms with E-state index in [2.05, 4.69) is 0 Å². The quantitative estimate of drug-likeness (QED) is 0.176. The molecule has 0 unspecified atom stereocenters. The van der Waals surface area contributed by atoms with E-state index in [4.69, 9.17) is 28.8 Å². The fraction of sp³-hybridized carbons (Fsp3) is 0.692. The van der Waals surface area contributed by atoms with E-state index < -0.39 is 20.7 Å². The number of rotatable bonds is 12. The molecule has 128 valence electrons. The predicted molar refractivity (Wildman–Crippen MR) is 79.9 cm³/mol. The Labute approximate surface area is 131 Å². The summed E-state index contributed by atoms with van der Waals surface area (Å²) < 4.78 is 26.0. The molecule has 0 heterocycles. The normalized spacial score (nSPS) is 11.8. The summed E-state index contributed by atoms with van der Waals surface area (Å²) in [5.41, 5.74) is 0. The molecule has 0 aliphatic heterocycles. The average Bonchev–Trinajstić information content (AvgIpc) is 2.51. The first kappa shape index (κ1) is 20.7. The lowest BCUT2D eigenvalue weighted by Gasteiger charge is -2.28. The van der Waals surface area contributed by atoms with Crippen LogP contribution in [0.25, 0.3) is 0 Å². The van der Waals surface area contributed by atoms with Gasteiger partial charge in [-0.2, -0.15) is 0 Å². The summed E-state index contributed by atoms with van der Waals surface area (Å²) in [6.07, 6.45) is 2.19. The molecule has 0 aliphatic rings. The summed E-state index contributed by atoms with van der Waals surface area (Å²) in [5.74, 6) is -2.65. The first-order valence-electron chi connectivity index (χ1n) is 6.69. The first-order valence-corrected chi connectivity index (χ1v) is 8.84. The molecule has 0 aromatic heterocycles. The molecule has 0 saturated carbocycles. The Morgan fingerprint density at radius 3 is 1.91 bits per heavy atom. The van der Waals surface area contributed by atoms with Crippen LogP contribution < -0.4 is 0 Å². The van der Waals surface area contributed by atoms with Crippen LogP contribution in [0, 0.1) is 0 Å². The van der Waals surface area contributed by atoms with Gasteiger partial charge >= 0.3 is 11.9 Å². The molecule has 0 bridgehead atoms. The fourth-order valence-corrected chi connectivity index (χ4v) is 4.81. The van der Waals surface area contributed by atoms with Crippen molar-refractivity contribution in [1.29, 1.82) is 0 Å². The summed E-state index contributed by atoms with van der Waals surface area (Å²) in [6, 6.07) is 0.703. The molecule has 0 amide bonds. The third kappa shape index (κ3) is 8.25. The SMILES string of the molecule is COC(OC)[SiH](CCCOC(=O)/C=C\C(=O)O)C(OC)OC. The van der Waals surface area contributed by atoms with Crippen LogP contribution in [-0.4, -0.2) is 72.7 Å². The van der Waals surface area contributed by atoms with Gasteiger partial charge in [0.05, 0.1) is 6.61 Å². The summed E-state index contributed by atoms with van der Waals surface area (Å²) in [4.78, 5) is 21.5. The predicted octanol–water partition coefficient (Wildman–Crippen LogP) is 0.104. The maximum Gasteiger partial charge on any atom is 0.331 e. The van der Waals surface area contributed by atoms with Gasteiger partial charge in [-0.1, -0.05) is 0 Å². The molecule has 0 saturated heterocycles. The second-order valence-electron chi connectivity index (χ2n) is 4.32. The smallest absolute Gasteiger partial charge is 0.331 e. The van der Waals surface area contributed by atoms with Gasteiger partial charge in [-0.05, 0) is 12.5 Å². The zero-order valence-corrected chi connectivity index (χ0v) is 14.5. The molecular weight excluding hydrogens is 312 g/mol. The van der Waals surface area contributed by atoms with Crippen molar-refractivity contribution in [2.24, 2.45) is 0 Å². The molecule has 0 atom stereocenters. The van der Waals surface area contributed by atoms with Crippen molar-refractivity contribution in [2.45, 2.75) is 24.3 Å². The Balaban J connectivity index is 4.34. The molecule has 1 N–H and O–H groups in total. The Morgan fingerprint density at radius 2 is 1.50 bits per heavy atom. The fourth-order valence-electron chi connectivity index (χ4n) is 1.97. The summed E-state index contributed by atoms with van der Waals surface area (Å²) in [5, 5.41) is 8.39. The maximum atomic E-state index is 11.2. The van der Waals surface area contributed by atoms with E-state index in [0.29, 0.717) is 12.5 Å². The van der Waals surface area contributed by atoms with E-state index in [1.54, 1.807) is 28.4 Å². The highest BCUT2D eigenvalue weighted by Gasteiger charge is 2.32. The van der Waals surface area contributed by atoms with Crippen LogP contribution in [-0.2, 0) is 33.3 Å². The van der Waals surface area contributed by atoms with Crippen LogP contribution in [0.3, 0.4) is 0 Å². The minimum atomic E-state index is -1.75. The van der Waals surface area contributed by atoms with Crippen LogP contribution in [0.15, 0.2) is 12.2 Å². The Morgan fingerprint density at radius 1 is 1.00 bits per heavy atom. The summed E-state index contributed by atoms with van der Waals surface area (Å²) >= 11 is 0. The molecular formula is C13H24O8Si. The number of hydrogen-bond donors (Lipinski definition) is 1. The van der Waals surface area contributed by atoms with E-state index in [1.165, 1.54) is 0 Å². The largest absolute Gasteiger partial charge is 0.478 e. The van der Waals surface area contributed by atoms with E-state index in [-0.39, 0.29) is 18.4 Å². The van der Waals surface area contributed by atoms with Gasteiger partial charge in [0.2, 0.25) is 0 Å². The molecule has 0 radical (unpaired) electrons. The van der Waals surface area contributed by atoms with Gasteiger partial charge in [0.1, 0.15) is 11.8 Å². The standard InChI is InChI=1S/C13H24O8Si/c1-17-12(18-2)22(13(19-3)20-4)9-5-8-21-11(16)7-6-10(14)15/h6-7,12-13,22H,5,8-9H2,1-4H3,(H,14,15)/b7-6-. The first-order chi connectivity index (χ1) is 10.5. The van der Waals surface area contributed by atoms with E-state index in [9.17, 15) is 9.59 Å². The molecule has 0 spiro atoms. The van der Waals surface area contributed by atoms with Gasteiger partial charge in [-0.15, -0.1) is 0 Å². The lowest BCUT2D eigenvalue weighted by atomic mass is 10.5. The monoisotopic (exact) mass is 336 g/mol. The third-order valence-electron chi connectivity index (χ3n) is 2.92. The number of aliphatic carboxylic acids is 1. The number of ether oxygens (including phenoxy) is 5. The molecule has 0 fully saturated rings.